The van der Waals surface area contributed by atoms with Gasteiger partial charge in [-0.2, -0.15) is 0 Å². The summed E-state index contributed by atoms with van der Waals surface area (Å²) in [6.07, 6.45) is 0.576. The van der Waals surface area contributed by atoms with Gasteiger partial charge >= 0.3 is 0 Å². The number of benzene rings is 2. The van der Waals surface area contributed by atoms with E-state index in [1.165, 1.54) is 0 Å². The minimum atomic E-state index is -0.155. The van der Waals surface area contributed by atoms with Gasteiger partial charge in [-0.1, -0.05) is 30.3 Å². The van der Waals surface area contributed by atoms with Gasteiger partial charge in [-0.25, -0.2) is 9.97 Å². The molecule has 0 radical (unpaired) electrons. The van der Waals surface area contributed by atoms with Crippen molar-refractivity contribution in [3.8, 4) is 0 Å². The fourth-order valence-corrected chi connectivity index (χ4v) is 3.19. The second kappa shape index (κ2) is 6.97. The molecule has 2 aromatic carbocycles. The van der Waals surface area contributed by atoms with Gasteiger partial charge in [-0.15, -0.1) is 0 Å². The standard InChI is InChI=1S/C18H17BrN4O/c1-2-21-17(24)15-12(19)8-9-13-16(15)14(23-18(20)22-13)10-11-6-4-3-5-7-11/h3-9H,2,10H2,1H3,(H,21,24)(H2,20,22,23). The SMILES string of the molecule is CCNC(=O)c1c(Br)ccc2nc(N)nc(Cc3ccccc3)c12. The number of nitrogens with zero attached hydrogens (tertiary/aromatic N) is 2. The Kier molecular flexibility index (Phi) is 4.76. The van der Waals surface area contributed by atoms with Crippen molar-refractivity contribution in [1.82, 2.24) is 15.3 Å². The van der Waals surface area contributed by atoms with E-state index >= 15 is 0 Å². The number of carbonyl (C=O) groups is 1. The van der Waals surface area contributed by atoms with Crippen molar-refractivity contribution in [3.63, 3.8) is 0 Å². The third-order valence-electron chi connectivity index (χ3n) is 3.68. The number of aromatic nitrogens is 2. The van der Waals surface area contributed by atoms with Crippen LogP contribution < -0.4 is 11.1 Å². The normalized spacial score (nSPS) is 10.8. The number of carbonyl (C=O) groups excluding carboxylic acids is 1. The van der Waals surface area contributed by atoms with Gasteiger partial charge in [0.05, 0.1) is 16.8 Å². The van der Waals surface area contributed by atoms with Crippen LogP contribution >= 0.6 is 15.9 Å². The Morgan fingerprint density at radius 3 is 2.62 bits per heavy atom. The van der Waals surface area contributed by atoms with Crippen LogP contribution in [0.1, 0.15) is 28.5 Å². The van der Waals surface area contributed by atoms with Crippen LogP contribution in [0.15, 0.2) is 46.9 Å². The number of anilines is 1. The van der Waals surface area contributed by atoms with Gasteiger partial charge in [-0.05, 0) is 40.5 Å². The van der Waals surface area contributed by atoms with E-state index in [2.05, 4.69) is 31.2 Å². The van der Waals surface area contributed by atoms with E-state index in [0.717, 1.165) is 16.6 Å². The molecule has 0 bridgehead atoms. The molecule has 1 amide bonds. The molecular formula is C18H17BrN4O. The van der Waals surface area contributed by atoms with Crippen LogP contribution in [-0.2, 0) is 6.42 Å². The molecule has 3 N–H and O–H groups in total. The van der Waals surface area contributed by atoms with E-state index < -0.39 is 0 Å². The van der Waals surface area contributed by atoms with Crippen molar-refractivity contribution in [3.05, 3.63) is 63.8 Å². The molecule has 3 rings (SSSR count). The molecule has 3 aromatic rings. The largest absolute Gasteiger partial charge is 0.368 e. The lowest BCUT2D eigenvalue weighted by Crippen LogP contribution is -2.24. The zero-order chi connectivity index (χ0) is 17.1. The number of nitrogen functional groups attached to an aromatic ring is 1. The summed E-state index contributed by atoms with van der Waals surface area (Å²) in [5.74, 6) is 0.0512. The van der Waals surface area contributed by atoms with Crippen molar-refractivity contribution < 1.29 is 4.79 Å². The predicted octanol–water partition coefficient (Wildman–Crippen LogP) is 3.32. The summed E-state index contributed by atoms with van der Waals surface area (Å²) >= 11 is 3.48. The lowest BCUT2D eigenvalue weighted by molar-refractivity contribution is 0.0956. The first-order valence-electron chi connectivity index (χ1n) is 7.67. The topological polar surface area (TPSA) is 80.9 Å². The molecule has 122 valence electrons. The van der Waals surface area contributed by atoms with Crippen LogP contribution in [0, 0.1) is 0 Å². The van der Waals surface area contributed by atoms with Crippen LogP contribution in [-0.4, -0.2) is 22.4 Å². The van der Waals surface area contributed by atoms with Gasteiger partial charge in [0.2, 0.25) is 5.95 Å². The molecule has 1 heterocycles. The van der Waals surface area contributed by atoms with Gasteiger partial charge in [0.1, 0.15) is 0 Å². The van der Waals surface area contributed by atoms with Crippen molar-refractivity contribution in [2.24, 2.45) is 0 Å². The second-order valence-electron chi connectivity index (χ2n) is 5.37. The number of nitrogens with two attached hydrogens (primary N) is 1. The molecule has 5 nitrogen and oxygen atoms in total. The van der Waals surface area contributed by atoms with Crippen LogP contribution in [0.3, 0.4) is 0 Å². The lowest BCUT2D eigenvalue weighted by Gasteiger charge is -2.13. The van der Waals surface area contributed by atoms with E-state index in [0.29, 0.717) is 28.5 Å². The summed E-state index contributed by atoms with van der Waals surface area (Å²) in [6.45, 7) is 2.43. The summed E-state index contributed by atoms with van der Waals surface area (Å²) in [6, 6.07) is 13.6. The van der Waals surface area contributed by atoms with Crippen LogP contribution in [0.4, 0.5) is 5.95 Å². The molecule has 0 saturated carbocycles. The Morgan fingerprint density at radius 2 is 1.92 bits per heavy atom. The fraction of sp³-hybridized carbons (Fsp3) is 0.167. The maximum absolute atomic E-state index is 12.5. The molecular weight excluding hydrogens is 368 g/mol. The fourth-order valence-electron chi connectivity index (χ4n) is 2.68. The zero-order valence-electron chi connectivity index (χ0n) is 13.2. The highest BCUT2D eigenvalue weighted by molar-refractivity contribution is 9.10. The monoisotopic (exact) mass is 384 g/mol. The Bertz CT molecular complexity index is 896. The first-order chi connectivity index (χ1) is 11.6. The molecule has 0 spiro atoms. The average molecular weight is 385 g/mol. The number of rotatable bonds is 4. The molecule has 0 saturated heterocycles. The zero-order valence-corrected chi connectivity index (χ0v) is 14.8. The first-order valence-corrected chi connectivity index (χ1v) is 8.46. The highest BCUT2D eigenvalue weighted by Gasteiger charge is 2.19. The molecule has 0 aliphatic rings. The molecule has 0 aliphatic heterocycles. The summed E-state index contributed by atoms with van der Waals surface area (Å²) in [4.78, 5) is 21.2. The van der Waals surface area contributed by atoms with Crippen molar-refractivity contribution >= 4 is 38.7 Å². The predicted molar refractivity (Wildman–Crippen MR) is 98.9 cm³/mol. The van der Waals surface area contributed by atoms with Gasteiger partial charge < -0.3 is 11.1 Å². The minimum absolute atomic E-state index is 0.155. The van der Waals surface area contributed by atoms with Crippen LogP contribution in [0.2, 0.25) is 0 Å². The highest BCUT2D eigenvalue weighted by atomic mass is 79.9. The van der Waals surface area contributed by atoms with E-state index in [9.17, 15) is 4.79 Å². The quantitative estimate of drug-likeness (QED) is 0.722. The number of fused-ring (bicyclic) bond motifs is 1. The van der Waals surface area contributed by atoms with Gasteiger partial charge in [0.25, 0.3) is 5.91 Å². The number of nitrogens with one attached hydrogen (secondary N) is 1. The maximum Gasteiger partial charge on any atom is 0.253 e. The molecule has 6 heteroatoms. The summed E-state index contributed by atoms with van der Waals surface area (Å²) in [5, 5.41) is 3.57. The highest BCUT2D eigenvalue weighted by Crippen LogP contribution is 2.29. The Hall–Kier alpha value is -2.47. The number of amides is 1. The van der Waals surface area contributed by atoms with Gasteiger partial charge in [0, 0.05) is 22.8 Å². The van der Waals surface area contributed by atoms with Gasteiger partial charge in [-0.3, -0.25) is 4.79 Å². The van der Waals surface area contributed by atoms with E-state index in [1.54, 1.807) is 0 Å². The van der Waals surface area contributed by atoms with Crippen molar-refractivity contribution in [2.45, 2.75) is 13.3 Å². The molecule has 0 atom stereocenters. The summed E-state index contributed by atoms with van der Waals surface area (Å²) < 4.78 is 0.712. The maximum atomic E-state index is 12.5. The Balaban J connectivity index is 2.23. The van der Waals surface area contributed by atoms with Crippen LogP contribution in [0.5, 0.6) is 0 Å². The minimum Gasteiger partial charge on any atom is -0.368 e. The summed E-state index contributed by atoms with van der Waals surface area (Å²) in [7, 11) is 0. The number of hydrogen-bond acceptors (Lipinski definition) is 4. The Morgan fingerprint density at radius 1 is 1.17 bits per heavy atom. The number of hydrogen-bond donors (Lipinski definition) is 2. The van der Waals surface area contributed by atoms with Crippen molar-refractivity contribution in [1.29, 1.82) is 0 Å². The molecule has 0 aliphatic carbocycles. The van der Waals surface area contributed by atoms with Crippen LogP contribution in [0.25, 0.3) is 10.9 Å². The summed E-state index contributed by atoms with van der Waals surface area (Å²) in [5.41, 5.74) is 8.91. The van der Waals surface area contributed by atoms with E-state index in [-0.39, 0.29) is 11.9 Å². The molecule has 1 aromatic heterocycles. The molecule has 0 unspecified atom stereocenters. The Labute approximate surface area is 148 Å². The lowest BCUT2D eigenvalue weighted by atomic mass is 10.0. The van der Waals surface area contributed by atoms with E-state index in [4.69, 9.17) is 5.73 Å². The van der Waals surface area contributed by atoms with Crippen molar-refractivity contribution in [2.75, 3.05) is 12.3 Å². The van der Waals surface area contributed by atoms with E-state index in [1.807, 2.05) is 49.4 Å². The second-order valence-corrected chi connectivity index (χ2v) is 6.22. The van der Waals surface area contributed by atoms with Gasteiger partial charge in [0.15, 0.2) is 0 Å². The first kappa shape index (κ1) is 16.4. The smallest absolute Gasteiger partial charge is 0.253 e. The molecule has 24 heavy (non-hydrogen) atoms. The third-order valence-corrected chi connectivity index (χ3v) is 4.35. The number of halogens is 1. The average Bonchev–Trinajstić information content (AvgIpc) is 2.56. The third kappa shape index (κ3) is 3.23. The molecule has 0 fully saturated rings.